The number of hydrogen-bond acceptors (Lipinski definition) is 2. The van der Waals surface area contributed by atoms with Gasteiger partial charge in [-0.2, -0.15) is 0 Å². The van der Waals surface area contributed by atoms with Gasteiger partial charge in [-0.3, -0.25) is 9.59 Å². The van der Waals surface area contributed by atoms with Crippen molar-refractivity contribution in [3.63, 3.8) is 0 Å². The molecule has 1 aromatic rings. The minimum atomic E-state index is -0.471. The largest absolute Gasteiger partial charge is 0.353 e. The Bertz CT molecular complexity index is 507. The molecule has 6 heteroatoms. The zero-order valence-electron chi connectivity index (χ0n) is 9.74. The van der Waals surface area contributed by atoms with E-state index in [4.69, 9.17) is 11.6 Å². The van der Waals surface area contributed by atoms with Crippen LogP contribution in [0.2, 0.25) is 5.02 Å². The summed E-state index contributed by atoms with van der Waals surface area (Å²) in [6, 6.07) is 4.71. The van der Waals surface area contributed by atoms with Gasteiger partial charge in [0.05, 0.1) is 10.6 Å². The SMILES string of the molecule is CC1C(=O)NCCN1C(=O)c1cccc(Br)c1Cl. The van der Waals surface area contributed by atoms with Crippen LogP contribution >= 0.6 is 27.5 Å². The normalized spacial score (nSPS) is 19.6. The van der Waals surface area contributed by atoms with Gasteiger partial charge in [-0.05, 0) is 35.0 Å². The Kier molecular flexibility index (Phi) is 3.92. The summed E-state index contributed by atoms with van der Waals surface area (Å²) in [5.74, 6) is -0.357. The third kappa shape index (κ3) is 2.37. The maximum atomic E-state index is 12.4. The molecule has 0 aliphatic carbocycles. The molecule has 1 N–H and O–H groups in total. The number of amides is 2. The van der Waals surface area contributed by atoms with Crippen LogP contribution in [0.5, 0.6) is 0 Å². The van der Waals surface area contributed by atoms with E-state index in [2.05, 4.69) is 21.2 Å². The fourth-order valence-electron chi connectivity index (χ4n) is 1.88. The van der Waals surface area contributed by atoms with Crippen molar-refractivity contribution in [3.05, 3.63) is 33.3 Å². The number of carbonyl (C=O) groups is 2. The molecule has 0 spiro atoms. The Morgan fingerprint density at radius 1 is 1.56 bits per heavy atom. The van der Waals surface area contributed by atoms with Gasteiger partial charge >= 0.3 is 0 Å². The molecule has 0 aromatic heterocycles. The number of nitrogens with zero attached hydrogens (tertiary/aromatic N) is 1. The van der Waals surface area contributed by atoms with Gasteiger partial charge in [0.1, 0.15) is 6.04 Å². The second-order valence-corrected chi connectivity index (χ2v) is 5.30. The lowest BCUT2D eigenvalue weighted by Gasteiger charge is -2.33. The van der Waals surface area contributed by atoms with Crippen molar-refractivity contribution in [2.45, 2.75) is 13.0 Å². The molecule has 1 unspecified atom stereocenters. The highest BCUT2D eigenvalue weighted by atomic mass is 79.9. The molecule has 1 aliphatic heterocycles. The summed E-state index contributed by atoms with van der Waals surface area (Å²) >= 11 is 9.38. The molecule has 1 aromatic carbocycles. The molecule has 2 amide bonds. The van der Waals surface area contributed by atoms with Gasteiger partial charge in [0.25, 0.3) is 5.91 Å². The Hall–Kier alpha value is -1.07. The fourth-order valence-corrected chi connectivity index (χ4v) is 2.46. The Morgan fingerprint density at radius 3 is 3.00 bits per heavy atom. The summed E-state index contributed by atoms with van der Waals surface area (Å²) in [4.78, 5) is 25.4. The number of hydrogen-bond donors (Lipinski definition) is 1. The molecule has 0 radical (unpaired) electrons. The van der Waals surface area contributed by atoms with Gasteiger partial charge in [-0.1, -0.05) is 17.7 Å². The lowest BCUT2D eigenvalue weighted by atomic mass is 10.1. The van der Waals surface area contributed by atoms with E-state index < -0.39 is 6.04 Å². The summed E-state index contributed by atoms with van der Waals surface area (Å²) in [5, 5.41) is 3.09. The van der Waals surface area contributed by atoms with Gasteiger partial charge in [0.2, 0.25) is 5.91 Å². The van der Waals surface area contributed by atoms with E-state index in [0.717, 1.165) is 0 Å². The van der Waals surface area contributed by atoms with E-state index in [1.54, 1.807) is 25.1 Å². The van der Waals surface area contributed by atoms with Gasteiger partial charge in [-0.15, -0.1) is 0 Å². The van der Waals surface area contributed by atoms with Crippen molar-refractivity contribution < 1.29 is 9.59 Å². The summed E-state index contributed by atoms with van der Waals surface area (Å²) in [6.45, 7) is 2.67. The van der Waals surface area contributed by atoms with Crippen molar-refractivity contribution in [2.75, 3.05) is 13.1 Å². The molecule has 1 saturated heterocycles. The molecule has 4 nitrogen and oxygen atoms in total. The van der Waals surface area contributed by atoms with Gasteiger partial charge in [-0.25, -0.2) is 0 Å². The molecular weight excluding hydrogens is 320 g/mol. The summed E-state index contributed by atoms with van der Waals surface area (Å²) in [5.41, 5.74) is 0.410. The molecule has 0 bridgehead atoms. The van der Waals surface area contributed by atoms with Crippen LogP contribution in [-0.2, 0) is 4.79 Å². The van der Waals surface area contributed by atoms with E-state index in [1.165, 1.54) is 4.90 Å². The molecule has 18 heavy (non-hydrogen) atoms. The first-order chi connectivity index (χ1) is 8.52. The molecular formula is C12H12BrClN2O2. The zero-order valence-corrected chi connectivity index (χ0v) is 12.1. The van der Waals surface area contributed by atoms with Gasteiger partial charge < -0.3 is 10.2 Å². The second-order valence-electron chi connectivity index (χ2n) is 4.07. The van der Waals surface area contributed by atoms with Crippen molar-refractivity contribution in [1.82, 2.24) is 10.2 Å². The highest BCUT2D eigenvalue weighted by Gasteiger charge is 2.30. The first kappa shape index (κ1) is 13.4. The van der Waals surface area contributed by atoms with Gasteiger partial charge in [0, 0.05) is 17.6 Å². The average molecular weight is 332 g/mol. The van der Waals surface area contributed by atoms with E-state index in [0.29, 0.717) is 28.1 Å². The molecule has 2 rings (SSSR count). The first-order valence-electron chi connectivity index (χ1n) is 5.55. The van der Waals surface area contributed by atoms with Crippen LogP contribution in [0.4, 0.5) is 0 Å². The fraction of sp³-hybridized carbons (Fsp3) is 0.333. The minimum Gasteiger partial charge on any atom is -0.353 e. The van der Waals surface area contributed by atoms with Crippen molar-refractivity contribution in [3.8, 4) is 0 Å². The third-order valence-electron chi connectivity index (χ3n) is 2.94. The number of benzene rings is 1. The van der Waals surface area contributed by atoms with E-state index >= 15 is 0 Å². The standard InChI is InChI=1S/C12H12BrClN2O2/c1-7-11(17)15-5-6-16(7)12(18)8-3-2-4-9(13)10(8)14/h2-4,7H,5-6H2,1H3,(H,15,17). The molecule has 1 fully saturated rings. The second kappa shape index (κ2) is 5.28. The van der Waals surface area contributed by atoms with Crippen LogP contribution in [0, 0.1) is 0 Å². The average Bonchev–Trinajstić information content (AvgIpc) is 2.35. The predicted octanol–water partition coefficient (Wildman–Crippen LogP) is 2.06. The van der Waals surface area contributed by atoms with Crippen LogP contribution in [0.3, 0.4) is 0 Å². The number of nitrogens with one attached hydrogen (secondary N) is 1. The zero-order chi connectivity index (χ0) is 13.3. The number of rotatable bonds is 1. The van der Waals surface area contributed by atoms with Crippen LogP contribution in [0.25, 0.3) is 0 Å². The number of carbonyl (C=O) groups excluding carboxylic acids is 2. The Balaban J connectivity index is 2.31. The summed E-state index contributed by atoms with van der Waals surface area (Å²) in [6.07, 6.45) is 0. The summed E-state index contributed by atoms with van der Waals surface area (Å²) < 4.78 is 0.670. The highest BCUT2D eigenvalue weighted by molar-refractivity contribution is 9.10. The Morgan fingerprint density at radius 2 is 2.28 bits per heavy atom. The topological polar surface area (TPSA) is 49.4 Å². The first-order valence-corrected chi connectivity index (χ1v) is 6.72. The van der Waals surface area contributed by atoms with Crippen LogP contribution in [-0.4, -0.2) is 35.8 Å². The van der Waals surface area contributed by atoms with Crippen molar-refractivity contribution in [2.24, 2.45) is 0 Å². The van der Waals surface area contributed by atoms with Crippen molar-refractivity contribution in [1.29, 1.82) is 0 Å². The predicted molar refractivity (Wildman–Crippen MR) is 72.7 cm³/mol. The third-order valence-corrected chi connectivity index (χ3v) is 4.24. The number of halogens is 2. The monoisotopic (exact) mass is 330 g/mol. The summed E-state index contributed by atoms with van der Waals surface area (Å²) in [7, 11) is 0. The smallest absolute Gasteiger partial charge is 0.256 e. The lowest BCUT2D eigenvalue weighted by Crippen LogP contribution is -2.55. The van der Waals surface area contributed by atoms with E-state index in [-0.39, 0.29) is 11.8 Å². The maximum absolute atomic E-state index is 12.4. The van der Waals surface area contributed by atoms with Crippen LogP contribution < -0.4 is 5.32 Å². The van der Waals surface area contributed by atoms with E-state index in [1.807, 2.05) is 0 Å². The minimum absolute atomic E-state index is 0.138. The van der Waals surface area contributed by atoms with Crippen LogP contribution in [0.15, 0.2) is 22.7 Å². The lowest BCUT2D eigenvalue weighted by molar-refractivity contribution is -0.127. The van der Waals surface area contributed by atoms with Crippen LogP contribution in [0.1, 0.15) is 17.3 Å². The number of piperazine rings is 1. The highest BCUT2D eigenvalue weighted by Crippen LogP contribution is 2.27. The quantitative estimate of drug-likeness (QED) is 0.856. The van der Waals surface area contributed by atoms with Gasteiger partial charge in [0.15, 0.2) is 0 Å². The molecule has 1 heterocycles. The molecule has 0 saturated carbocycles. The maximum Gasteiger partial charge on any atom is 0.256 e. The van der Waals surface area contributed by atoms with E-state index in [9.17, 15) is 9.59 Å². The molecule has 96 valence electrons. The Labute approximate surface area is 118 Å². The van der Waals surface area contributed by atoms with Crippen molar-refractivity contribution >= 4 is 39.3 Å². The molecule has 1 aliphatic rings. The molecule has 1 atom stereocenters.